The predicted octanol–water partition coefficient (Wildman–Crippen LogP) is 4.15. The van der Waals surface area contributed by atoms with Gasteiger partial charge < -0.3 is 15.4 Å². The molecule has 146 valence electrons. The molecule has 1 amide bonds. The highest BCUT2D eigenvalue weighted by molar-refractivity contribution is 5.85. The lowest BCUT2D eigenvalue weighted by molar-refractivity contribution is -0.122. The van der Waals surface area contributed by atoms with E-state index in [2.05, 4.69) is 10.6 Å². The van der Waals surface area contributed by atoms with Gasteiger partial charge in [0.25, 0.3) is 0 Å². The fourth-order valence-corrected chi connectivity index (χ4v) is 3.14. The maximum absolute atomic E-state index is 12.9. The minimum absolute atomic E-state index is 0. The molecule has 0 bridgehead atoms. The van der Waals surface area contributed by atoms with Crippen molar-refractivity contribution in [3.8, 4) is 5.75 Å². The van der Waals surface area contributed by atoms with Crippen LogP contribution in [0.2, 0.25) is 0 Å². The van der Waals surface area contributed by atoms with Gasteiger partial charge in [0.1, 0.15) is 18.2 Å². The van der Waals surface area contributed by atoms with E-state index in [0.29, 0.717) is 19.1 Å². The molecule has 2 N–H and O–H groups in total. The van der Waals surface area contributed by atoms with Crippen molar-refractivity contribution in [2.75, 3.05) is 6.54 Å². The van der Waals surface area contributed by atoms with E-state index in [1.807, 2.05) is 31.2 Å². The first-order valence-corrected chi connectivity index (χ1v) is 9.10. The Morgan fingerprint density at radius 1 is 1.22 bits per heavy atom. The van der Waals surface area contributed by atoms with Crippen LogP contribution < -0.4 is 15.4 Å². The van der Waals surface area contributed by atoms with Gasteiger partial charge in [-0.2, -0.15) is 0 Å². The molecule has 1 saturated heterocycles. The second kappa shape index (κ2) is 10.3. The predicted molar refractivity (Wildman–Crippen MR) is 107 cm³/mol. The molecule has 0 saturated carbocycles. The van der Waals surface area contributed by atoms with Gasteiger partial charge in [-0.05, 0) is 61.7 Å². The summed E-state index contributed by atoms with van der Waals surface area (Å²) in [6, 6.07) is 14.2. The smallest absolute Gasteiger partial charge is 0.222 e. The monoisotopic (exact) mass is 392 g/mol. The molecule has 4 nitrogen and oxygen atoms in total. The van der Waals surface area contributed by atoms with Crippen LogP contribution in [-0.2, 0) is 11.4 Å². The molecule has 1 aliphatic heterocycles. The third-order valence-electron chi connectivity index (χ3n) is 4.67. The lowest BCUT2D eigenvalue weighted by atomic mass is 10.1. The van der Waals surface area contributed by atoms with Crippen LogP contribution in [0.25, 0.3) is 0 Å². The summed E-state index contributed by atoms with van der Waals surface area (Å²) < 4.78 is 18.6. The molecule has 2 aromatic carbocycles. The molecule has 2 atom stereocenters. The van der Waals surface area contributed by atoms with Gasteiger partial charge in [0.2, 0.25) is 5.91 Å². The Morgan fingerprint density at radius 2 is 1.93 bits per heavy atom. The largest absolute Gasteiger partial charge is 0.489 e. The van der Waals surface area contributed by atoms with Crippen LogP contribution in [0.5, 0.6) is 5.75 Å². The van der Waals surface area contributed by atoms with Crippen LogP contribution in [0.15, 0.2) is 48.5 Å². The summed E-state index contributed by atoms with van der Waals surface area (Å²) in [5, 5.41) is 6.39. The van der Waals surface area contributed by atoms with Crippen molar-refractivity contribution in [1.29, 1.82) is 0 Å². The average molecular weight is 393 g/mol. The second-order valence-electron chi connectivity index (χ2n) is 6.77. The van der Waals surface area contributed by atoms with Crippen molar-refractivity contribution in [3.05, 3.63) is 65.5 Å². The fourth-order valence-electron chi connectivity index (χ4n) is 3.14. The van der Waals surface area contributed by atoms with E-state index in [4.69, 9.17) is 4.74 Å². The van der Waals surface area contributed by atoms with Gasteiger partial charge in [0.05, 0.1) is 6.04 Å². The molecule has 0 aliphatic carbocycles. The summed E-state index contributed by atoms with van der Waals surface area (Å²) in [6.45, 7) is 3.38. The van der Waals surface area contributed by atoms with Gasteiger partial charge in [-0.1, -0.05) is 24.3 Å². The number of amides is 1. The fraction of sp³-hybridized carbons (Fsp3) is 0.381. The Bertz CT molecular complexity index is 716. The van der Waals surface area contributed by atoms with Crippen LogP contribution in [0, 0.1) is 5.82 Å². The zero-order chi connectivity index (χ0) is 18.4. The van der Waals surface area contributed by atoms with Gasteiger partial charge in [-0.15, -0.1) is 12.4 Å². The molecule has 6 heteroatoms. The summed E-state index contributed by atoms with van der Waals surface area (Å²) >= 11 is 0. The molecule has 1 fully saturated rings. The van der Waals surface area contributed by atoms with Gasteiger partial charge in [-0.3, -0.25) is 4.79 Å². The normalized spacial score (nSPS) is 17.0. The zero-order valence-electron chi connectivity index (χ0n) is 15.4. The van der Waals surface area contributed by atoms with Crippen molar-refractivity contribution in [2.45, 2.75) is 44.9 Å². The molecule has 0 spiro atoms. The summed E-state index contributed by atoms with van der Waals surface area (Å²) in [5.41, 5.74) is 1.95. The summed E-state index contributed by atoms with van der Waals surface area (Å²) in [4.78, 5) is 12.1. The van der Waals surface area contributed by atoms with Crippen LogP contribution in [0.3, 0.4) is 0 Å². The minimum atomic E-state index is -0.252. The van der Waals surface area contributed by atoms with Crippen LogP contribution in [0.4, 0.5) is 4.39 Å². The average Bonchev–Trinajstić information content (AvgIpc) is 3.14. The van der Waals surface area contributed by atoms with Crippen molar-refractivity contribution >= 4 is 18.3 Å². The summed E-state index contributed by atoms with van der Waals surface area (Å²) in [5.74, 6) is 0.568. The van der Waals surface area contributed by atoms with Crippen LogP contribution in [-0.4, -0.2) is 18.5 Å². The highest BCUT2D eigenvalue weighted by Gasteiger charge is 2.18. The van der Waals surface area contributed by atoms with Crippen LogP contribution >= 0.6 is 12.4 Å². The minimum Gasteiger partial charge on any atom is -0.489 e. The van der Waals surface area contributed by atoms with E-state index in [-0.39, 0.29) is 30.2 Å². The zero-order valence-corrected chi connectivity index (χ0v) is 16.2. The Labute approximate surface area is 165 Å². The Balaban J connectivity index is 0.00000261. The van der Waals surface area contributed by atoms with E-state index in [0.717, 1.165) is 36.3 Å². The number of hydrogen-bond acceptors (Lipinski definition) is 3. The molecule has 3 rings (SSSR count). The van der Waals surface area contributed by atoms with E-state index < -0.39 is 0 Å². The molecule has 0 radical (unpaired) electrons. The van der Waals surface area contributed by atoms with Crippen LogP contribution in [0.1, 0.15) is 43.4 Å². The van der Waals surface area contributed by atoms with E-state index in [1.165, 1.54) is 12.1 Å². The Morgan fingerprint density at radius 3 is 2.56 bits per heavy atom. The number of ether oxygens (including phenoxy) is 1. The lowest BCUT2D eigenvalue weighted by Gasteiger charge is -2.17. The van der Waals surface area contributed by atoms with Gasteiger partial charge in [0.15, 0.2) is 0 Å². The number of rotatable bonds is 7. The summed E-state index contributed by atoms with van der Waals surface area (Å²) in [6.07, 6.45) is 2.75. The molecule has 1 heterocycles. The van der Waals surface area contributed by atoms with Gasteiger partial charge >= 0.3 is 0 Å². The number of benzene rings is 2. The second-order valence-corrected chi connectivity index (χ2v) is 6.77. The molecular weight excluding hydrogens is 367 g/mol. The number of carbonyl (C=O) groups is 1. The molecule has 0 aromatic heterocycles. The van der Waals surface area contributed by atoms with Crippen molar-refractivity contribution in [2.24, 2.45) is 0 Å². The third-order valence-corrected chi connectivity index (χ3v) is 4.67. The summed E-state index contributed by atoms with van der Waals surface area (Å²) in [7, 11) is 0. The lowest BCUT2D eigenvalue weighted by Crippen LogP contribution is -2.33. The maximum atomic E-state index is 12.9. The van der Waals surface area contributed by atoms with Crippen molar-refractivity contribution < 1.29 is 13.9 Å². The number of halogens is 2. The standard InChI is InChI=1S/C21H25FN2O2.ClH/c1-15(24-21(25)13-19-3-2-12-23-19)17-6-10-20(11-7-17)26-14-16-4-8-18(22)9-5-16;/h4-11,15,19,23H,2-3,12-14H2,1H3,(H,24,25);1H. The highest BCUT2D eigenvalue weighted by Crippen LogP contribution is 2.19. The Hall–Kier alpha value is -2.11. The molecule has 1 aliphatic rings. The molecule has 27 heavy (non-hydrogen) atoms. The highest BCUT2D eigenvalue weighted by atomic mass is 35.5. The first kappa shape index (κ1) is 21.2. The maximum Gasteiger partial charge on any atom is 0.222 e. The SMILES string of the molecule is CC(NC(=O)CC1CCCN1)c1ccc(OCc2ccc(F)cc2)cc1.Cl. The van der Waals surface area contributed by atoms with Gasteiger partial charge in [0, 0.05) is 12.5 Å². The first-order chi connectivity index (χ1) is 12.6. The van der Waals surface area contributed by atoms with Crippen molar-refractivity contribution in [1.82, 2.24) is 10.6 Å². The number of nitrogens with one attached hydrogen (secondary N) is 2. The third kappa shape index (κ3) is 6.52. The molecular formula is C21H26ClFN2O2. The quantitative estimate of drug-likeness (QED) is 0.744. The molecule has 2 aromatic rings. The number of carbonyl (C=O) groups excluding carboxylic acids is 1. The topological polar surface area (TPSA) is 50.4 Å². The van der Waals surface area contributed by atoms with Crippen molar-refractivity contribution in [3.63, 3.8) is 0 Å². The first-order valence-electron chi connectivity index (χ1n) is 9.10. The van der Waals surface area contributed by atoms with Gasteiger partial charge in [-0.25, -0.2) is 4.39 Å². The Kier molecular flexibility index (Phi) is 8.07. The van der Waals surface area contributed by atoms with E-state index in [1.54, 1.807) is 12.1 Å². The van der Waals surface area contributed by atoms with E-state index in [9.17, 15) is 9.18 Å². The molecule has 2 unspecified atom stereocenters. The number of hydrogen-bond donors (Lipinski definition) is 2. The van der Waals surface area contributed by atoms with E-state index >= 15 is 0 Å².